The lowest BCUT2D eigenvalue weighted by molar-refractivity contribution is 0.363. The molecule has 6 heteroatoms. The van der Waals surface area contributed by atoms with E-state index in [0.29, 0.717) is 12.1 Å². The van der Waals surface area contributed by atoms with Crippen molar-refractivity contribution in [2.75, 3.05) is 0 Å². The molecule has 0 spiro atoms. The van der Waals surface area contributed by atoms with E-state index in [2.05, 4.69) is 10.3 Å². The van der Waals surface area contributed by atoms with Gasteiger partial charge in [-0.2, -0.15) is 0 Å². The van der Waals surface area contributed by atoms with Crippen LogP contribution in [0.25, 0.3) is 0 Å². The molecule has 1 aromatic carbocycles. The Balaban J connectivity index is 2.05. The van der Waals surface area contributed by atoms with Crippen molar-refractivity contribution in [2.45, 2.75) is 26.4 Å². The van der Waals surface area contributed by atoms with Crippen molar-refractivity contribution in [3.8, 4) is 17.2 Å². The van der Waals surface area contributed by atoms with Crippen LogP contribution in [-0.2, 0) is 6.54 Å². The topological polar surface area (TPSA) is 85.6 Å². The Morgan fingerprint density at radius 2 is 2.00 bits per heavy atom. The van der Waals surface area contributed by atoms with E-state index in [1.165, 1.54) is 6.07 Å². The summed E-state index contributed by atoms with van der Waals surface area (Å²) in [6, 6.07) is 2.97. The normalized spacial score (nSPS) is 12.5. The Morgan fingerprint density at radius 1 is 1.26 bits per heavy atom. The van der Waals surface area contributed by atoms with Gasteiger partial charge in [-0.25, -0.2) is 4.98 Å². The molecule has 2 aromatic rings. The first-order chi connectivity index (χ1) is 8.99. The average molecular weight is 280 g/mol. The predicted octanol–water partition coefficient (Wildman–Crippen LogP) is 2.42. The van der Waals surface area contributed by atoms with Crippen LogP contribution in [0.15, 0.2) is 17.5 Å². The molecule has 0 amide bonds. The van der Waals surface area contributed by atoms with E-state index < -0.39 is 5.75 Å². The molecule has 0 aliphatic carbocycles. The third-order valence-electron chi connectivity index (χ3n) is 2.82. The maximum atomic E-state index is 9.70. The molecule has 0 radical (unpaired) electrons. The van der Waals surface area contributed by atoms with E-state index in [-0.39, 0.29) is 17.5 Å². The molecule has 0 saturated heterocycles. The van der Waals surface area contributed by atoms with Gasteiger partial charge in [0.2, 0.25) is 5.75 Å². The van der Waals surface area contributed by atoms with Crippen molar-refractivity contribution < 1.29 is 15.3 Å². The van der Waals surface area contributed by atoms with E-state index in [4.69, 9.17) is 0 Å². The molecule has 2 rings (SSSR count). The van der Waals surface area contributed by atoms with Gasteiger partial charge in [-0.1, -0.05) is 6.07 Å². The van der Waals surface area contributed by atoms with Gasteiger partial charge < -0.3 is 20.6 Å². The minimum atomic E-state index is -0.489. The molecule has 4 N–H and O–H groups in total. The number of phenols is 3. The first-order valence-electron chi connectivity index (χ1n) is 5.87. The zero-order chi connectivity index (χ0) is 14.0. The number of aromatic hydroxyl groups is 3. The molecule has 1 unspecified atom stereocenters. The summed E-state index contributed by atoms with van der Waals surface area (Å²) in [6.45, 7) is 4.30. The standard InChI is InChI=1S/C13H16N2O3S/c1-7-6-19-13(15-7)8(2)14-5-9-3-4-10(16)12(18)11(9)17/h3-4,6,8,14,16-18H,5H2,1-2H3. The average Bonchev–Trinajstić information content (AvgIpc) is 2.81. The van der Waals surface area contributed by atoms with Crippen LogP contribution in [-0.4, -0.2) is 20.3 Å². The summed E-state index contributed by atoms with van der Waals surface area (Å²) in [5.74, 6) is -1.11. The Morgan fingerprint density at radius 3 is 2.63 bits per heavy atom. The number of aryl methyl sites for hydroxylation is 1. The van der Waals surface area contributed by atoms with Gasteiger partial charge in [0.15, 0.2) is 11.5 Å². The first kappa shape index (κ1) is 13.6. The van der Waals surface area contributed by atoms with Gasteiger partial charge in [-0.3, -0.25) is 0 Å². The number of phenolic OH excluding ortho intramolecular Hbond substituents is 3. The van der Waals surface area contributed by atoms with E-state index in [9.17, 15) is 15.3 Å². The third-order valence-corrected chi connectivity index (χ3v) is 3.96. The van der Waals surface area contributed by atoms with Crippen LogP contribution in [0.3, 0.4) is 0 Å². The predicted molar refractivity (Wildman–Crippen MR) is 73.5 cm³/mol. The van der Waals surface area contributed by atoms with E-state index in [1.807, 2.05) is 19.2 Å². The minimum Gasteiger partial charge on any atom is -0.504 e. The number of thiazole rings is 1. The number of hydrogen-bond donors (Lipinski definition) is 4. The van der Waals surface area contributed by atoms with Crippen LogP contribution in [0.2, 0.25) is 0 Å². The summed E-state index contributed by atoms with van der Waals surface area (Å²) in [4.78, 5) is 4.38. The van der Waals surface area contributed by atoms with Crippen LogP contribution in [0.1, 0.15) is 29.2 Å². The van der Waals surface area contributed by atoms with Gasteiger partial charge in [0, 0.05) is 23.2 Å². The van der Waals surface area contributed by atoms with Gasteiger partial charge in [0.05, 0.1) is 6.04 Å². The molecule has 0 aliphatic rings. The summed E-state index contributed by atoms with van der Waals surface area (Å²) in [5.41, 5.74) is 1.51. The Kier molecular flexibility index (Phi) is 3.92. The lowest BCUT2D eigenvalue weighted by Gasteiger charge is -2.13. The highest BCUT2D eigenvalue weighted by atomic mass is 32.1. The van der Waals surface area contributed by atoms with Gasteiger partial charge >= 0.3 is 0 Å². The number of rotatable bonds is 4. The molecule has 0 fully saturated rings. The van der Waals surface area contributed by atoms with E-state index in [1.54, 1.807) is 17.4 Å². The van der Waals surface area contributed by atoms with E-state index in [0.717, 1.165) is 10.7 Å². The third kappa shape index (κ3) is 2.97. The van der Waals surface area contributed by atoms with Crippen LogP contribution < -0.4 is 5.32 Å². The molecule has 1 aromatic heterocycles. The van der Waals surface area contributed by atoms with Gasteiger partial charge in [0.25, 0.3) is 0 Å². The van der Waals surface area contributed by atoms with Crippen LogP contribution in [0.4, 0.5) is 0 Å². The molecule has 1 atom stereocenters. The molecule has 1 heterocycles. The fourth-order valence-electron chi connectivity index (χ4n) is 1.67. The molecular weight excluding hydrogens is 264 g/mol. The fourth-order valence-corrected chi connectivity index (χ4v) is 2.50. The van der Waals surface area contributed by atoms with Crippen molar-refractivity contribution in [3.63, 3.8) is 0 Å². The Hall–Kier alpha value is -1.79. The minimum absolute atomic E-state index is 0.0500. The first-order valence-corrected chi connectivity index (χ1v) is 6.75. The number of nitrogens with zero attached hydrogens (tertiary/aromatic N) is 1. The number of nitrogens with one attached hydrogen (secondary N) is 1. The number of benzene rings is 1. The smallest absolute Gasteiger partial charge is 0.200 e. The highest BCUT2D eigenvalue weighted by Gasteiger charge is 2.13. The van der Waals surface area contributed by atoms with Gasteiger partial charge in [-0.15, -0.1) is 11.3 Å². The van der Waals surface area contributed by atoms with Gasteiger partial charge in [0.1, 0.15) is 5.01 Å². The highest BCUT2D eigenvalue weighted by Crippen LogP contribution is 2.37. The molecule has 5 nitrogen and oxygen atoms in total. The number of aromatic nitrogens is 1. The molecular formula is C13H16N2O3S. The molecule has 19 heavy (non-hydrogen) atoms. The monoisotopic (exact) mass is 280 g/mol. The van der Waals surface area contributed by atoms with Crippen molar-refractivity contribution in [2.24, 2.45) is 0 Å². The molecule has 0 bridgehead atoms. The van der Waals surface area contributed by atoms with Gasteiger partial charge in [-0.05, 0) is 19.9 Å². The maximum Gasteiger partial charge on any atom is 0.200 e. The summed E-state index contributed by atoms with van der Waals surface area (Å²) >= 11 is 1.58. The second-order valence-corrected chi connectivity index (χ2v) is 5.26. The van der Waals surface area contributed by atoms with E-state index >= 15 is 0 Å². The Labute approximate surface area is 115 Å². The quantitative estimate of drug-likeness (QED) is 0.646. The van der Waals surface area contributed by atoms with Crippen LogP contribution >= 0.6 is 11.3 Å². The zero-order valence-corrected chi connectivity index (χ0v) is 11.5. The van der Waals surface area contributed by atoms with Crippen molar-refractivity contribution in [1.82, 2.24) is 10.3 Å². The maximum absolute atomic E-state index is 9.70. The second-order valence-electron chi connectivity index (χ2n) is 4.37. The summed E-state index contributed by atoms with van der Waals surface area (Å²) < 4.78 is 0. The lowest BCUT2D eigenvalue weighted by atomic mass is 10.1. The second kappa shape index (κ2) is 5.46. The van der Waals surface area contributed by atoms with Crippen LogP contribution in [0, 0.1) is 6.92 Å². The lowest BCUT2D eigenvalue weighted by Crippen LogP contribution is -2.18. The van der Waals surface area contributed by atoms with Crippen molar-refractivity contribution in [1.29, 1.82) is 0 Å². The zero-order valence-electron chi connectivity index (χ0n) is 10.7. The van der Waals surface area contributed by atoms with Crippen molar-refractivity contribution >= 4 is 11.3 Å². The Bertz CT molecular complexity index is 583. The summed E-state index contributed by atoms with van der Waals surface area (Å²) in [5, 5.41) is 34.5. The highest BCUT2D eigenvalue weighted by molar-refractivity contribution is 7.09. The largest absolute Gasteiger partial charge is 0.504 e. The number of hydrogen-bond acceptors (Lipinski definition) is 6. The SMILES string of the molecule is Cc1csc(C(C)NCc2ccc(O)c(O)c2O)n1. The fraction of sp³-hybridized carbons (Fsp3) is 0.308. The summed E-state index contributed by atoms with van der Waals surface area (Å²) in [7, 11) is 0. The van der Waals surface area contributed by atoms with Crippen molar-refractivity contribution in [3.05, 3.63) is 33.8 Å². The molecule has 0 aliphatic heterocycles. The van der Waals surface area contributed by atoms with Crippen LogP contribution in [0.5, 0.6) is 17.2 Å². The molecule has 0 saturated carbocycles. The summed E-state index contributed by atoms with van der Waals surface area (Å²) in [6.07, 6.45) is 0. The molecule has 102 valence electrons.